The lowest BCUT2D eigenvalue weighted by molar-refractivity contribution is -0.384. The first-order valence-electron chi connectivity index (χ1n) is 6.82. The Labute approximate surface area is 121 Å². The lowest BCUT2D eigenvalue weighted by Crippen LogP contribution is -2.39. The minimum absolute atomic E-state index is 0.0129. The first kappa shape index (κ1) is 14.9. The molecule has 21 heavy (non-hydrogen) atoms. The molecule has 0 atom stereocenters. The molecule has 1 amide bonds. The lowest BCUT2D eigenvalue weighted by Gasteiger charge is -2.26. The zero-order chi connectivity index (χ0) is 15.2. The summed E-state index contributed by atoms with van der Waals surface area (Å²) < 4.78 is 0. The van der Waals surface area contributed by atoms with Gasteiger partial charge in [0.1, 0.15) is 6.20 Å². The number of hydrogen-bond acceptors (Lipinski definition) is 7. The van der Waals surface area contributed by atoms with Gasteiger partial charge < -0.3 is 15.5 Å². The standard InChI is InChI=1S/C12H18N6O3/c1-13-12-15-7-9(18(20)21)11(16-12)14-8-10(19)17-5-3-2-4-6-17/h7H,2-6,8H2,1H3,(H2,13,14,15,16). The van der Waals surface area contributed by atoms with Crippen molar-refractivity contribution >= 4 is 23.4 Å². The summed E-state index contributed by atoms with van der Waals surface area (Å²) in [6, 6.07) is 0. The summed E-state index contributed by atoms with van der Waals surface area (Å²) in [5, 5.41) is 16.4. The third kappa shape index (κ3) is 3.77. The Kier molecular flexibility index (Phi) is 4.85. The van der Waals surface area contributed by atoms with Gasteiger partial charge in [-0.3, -0.25) is 14.9 Å². The summed E-state index contributed by atoms with van der Waals surface area (Å²) in [6.07, 6.45) is 4.26. The molecule has 9 nitrogen and oxygen atoms in total. The Hall–Kier alpha value is -2.45. The number of rotatable bonds is 5. The van der Waals surface area contributed by atoms with Crippen molar-refractivity contribution in [2.75, 3.05) is 37.3 Å². The zero-order valence-electron chi connectivity index (χ0n) is 11.8. The van der Waals surface area contributed by atoms with E-state index in [1.54, 1.807) is 11.9 Å². The highest BCUT2D eigenvalue weighted by Crippen LogP contribution is 2.21. The first-order valence-corrected chi connectivity index (χ1v) is 6.82. The average molecular weight is 294 g/mol. The van der Waals surface area contributed by atoms with Crippen LogP contribution in [0.25, 0.3) is 0 Å². The van der Waals surface area contributed by atoms with E-state index in [2.05, 4.69) is 20.6 Å². The number of piperidine rings is 1. The van der Waals surface area contributed by atoms with E-state index in [0.717, 1.165) is 38.5 Å². The summed E-state index contributed by atoms with van der Waals surface area (Å²) in [6.45, 7) is 1.48. The topological polar surface area (TPSA) is 113 Å². The van der Waals surface area contributed by atoms with E-state index in [0.29, 0.717) is 0 Å². The maximum Gasteiger partial charge on any atom is 0.329 e. The van der Waals surface area contributed by atoms with Gasteiger partial charge in [-0.05, 0) is 19.3 Å². The van der Waals surface area contributed by atoms with Crippen molar-refractivity contribution < 1.29 is 9.72 Å². The number of nitrogens with zero attached hydrogens (tertiary/aromatic N) is 4. The SMILES string of the molecule is CNc1ncc([N+](=O)[O-])c(NCC(=O)N2CCCCC2)n1. The van der Waals surface area contributed by atoms with Gasteiger partial charge in [-0.1, -0.05) is 0 Å². The molecular formula is C12H18N6O3. The van der Waals surface area contributed by atoms with Gasteiger partial charge >= 0.3 is 5.69 Å². The quantitative estimate of drug-likeness (QED) is 0.611. The monoisotopic (exact) mass is 294 g/mol. The van der Waals surface area contributed by atoms with E-state index < -0.39 is 4.92 Å². The second kappa shape index (κ2) is 6.82. The van der Waals surface area contributed by atoms with E-state index in [1.807, 2.05) is 0 Å². The summed E-state index contributed by atoms with van der Waals surface area (Å²) in [5.74, 6) is 0.229. The Morgan fingerprint density at radius 2 is 2.14 bits per heavy atom. The van der Waals surface area contributed by atoms with Crippen molar-refractivity contribution in [3.8, 4) is 0 Å². The van der Waals surface area contributed by atoms with Gasteiger partial charge in [0.15, 0.2) is 0 Å². The molecule has 1 aliphatic heterocycles. The molecular weight excluding hydrogens is 276 g/mol. The molecule has 0 radical (unpaired) electrons. The highest BCUT2D eigenvalue weighted by atomic mass is 16.6. The Morgan fingerprint density at radius 1 is 1.43 bits per heavy atom. The molecule has 0 spiro atoms. The van der Waals surface area contributed by atoms with Crippen molar-refractivity contribution in [1.82, 2.24) is 14.9 Å². The van der Waals surface area contributed by atoms with Crippen LogP contribution in [0.4, 0.5) is 17.5 Å². The second-order valence-corrected chi connectivity index (χ2v) is 4.73. The molecule has 0 bridgehead atoms. The lowest BCUT2D eigenvalue weighted by atomic mass is 10.1. The van der Waals surface area contributed by atoms with Crippen molar-refractivity contribution in [1.29, 1.82) is 0 Å². The molecule has 1 aromatic heterocycles. The summed E-state index contributed by atoms with van der Waals surface area (Å²) in [7, 11) is 1.61. The molecule has 2 heterocycles. The fourth-order valence-electron chi connectivity index (χ4n) is 2.17. The van der Waals surface area contributed by atoms with E-state index in [1.165, 1.54) is 0 Å². The highest BCUT2D eigenvalue weighted by Gasteiger charge is 2.20. The molecule has 0 saturated carbocycles. The average Bonchev–Trinajstić information content (AvgIpc) is 2.52. The molecule has 1 saturated heterocycles. The second-order valence-electron chi connectivity index (χ2n) is 4.73. The summed E-state index contributed by atoms with van der Waals surface area (Å²) >= 11 is 0. The smallest absolute Gasteiger partial charge is 0.329 e. The predicted molar refractivity (Wildman–Crippen MR) is 77.2 cm³/mol. The third-order valence-corrected chi connectivity index (χ3v) is 3.31. The zero-order valence-corrected chi connectivity index (χ0v) is 11.8. The molecule has 2 rings (SSSR count). The summed E-state index contributed by atoms with van der Waals surface area (Å²) in [5.41, 5.74) is -0.250. The van der Waals surface area contributed by atoms with Gasteiger partial charge in [-0.25, -0.2) is 4.98 Å². The Bertz CT molecular complexity index is 530. The number of amides is 1. The van der Waals surface area contributed by atoms with Crippen LogP contribution in [0.1, 0.15) is 19.3 Å². The maximum atomic E-state index is 12.0. The molecule has 9 heteroatoms. The summed E-state index contributed by atoms with van der Waals surface area (Å²) in [4.78, 5) is 31.9. The Balaban J connectivity index is 2.04. The van der Waals surface area contributed by atoms with Crippen LogP contribution in [0.2, 0.25) is 0 Å². The van der Waals surface area contributed by atoms with Gasteiger partial charge in [0.25, 0.3) is 0 Å². The van der Waals surface area contributed by atoms with E-state index in [9.17, 15) is 14.9 Å². The number of nitro groups is 1. The minimum atomic E-state index is -0.576. The normalized spacial score (nSPS) is 14.6. The van der Waals surface area contributed by atoms with E-state index in [-0.39, 0.29) is 29.9 Å². The third-order valence-electron chi connectivity index (χ3n) is 3.31. The van der Waals surface area contributed by atoms with Crippen molar-refractivity contribution in [2.45, 2.75) is 19.3 Å². The number of likely N-dealkylation sites (tertiary alicyclic amines) is 1. The largest absolute Gasteiger partial charge is 0.357 e. The Morgan fingerprint density at radius 3 is 2.76 bits per heavy atom. The van der Waals surface area contributed by atoms with Crippen molar-refractivity contribution in [2.24, 2.45) is 0 Å². The van der Waals surface area contributed by atoms with E-state index in [4.69, 9.17) is 0 Å². The molecule has 0 unspecified atom stereocenters. The molecule has 1 aliphatic rings. The predicted octanol–water partition coefficient (Wildman–Crippen LogP) is 0.851. The van der Waals surface area contributed by atoms with Gasteiger partial charge in [-0.15, -0.1) is 0 Å². The van der Waals surface area contributed by atoms with Gasteiger partial charge in [-0.2, -0.15) is 4.98 Å². The van der Waals surface area contributed by atoms with Crippen LogP contribution < -0.4 is 10.6 Å². The van der Waals surface area contributed by atoms with Gasteiger partial charge in [0.05, 0.1) is 11.5 Å². The first-order chi connectivity index (χ1) is 10.1. The highest BCUT2D eigenvalue weighted by molar-refractivity contribution is 5.81. The van der Waals surface area contributed by atoms with Crippen LogP contribution in [-0.4, -0.2) is 52.4 Å². The fraction of sp³-hybridized carbons (Fsp3) is 0.583. The van der Waals surface area contributed by atoms with Crippen LogP contribution in [0.3, 0.4) is 0 Å². The van der Waals surface area contributed by atoms with Gasteiger partial charge in [0.2, 0.25) is 17.7 Å². The number of nitrogens with one attached hydrogen (secondary N) is 2. The van der Waals surface area contributed by atoms with Crippen LogP contribution >= 0.6 is 0 Å². The number of aromatic nitrogens is 2. The van der Waals surface area contributed by atoms with Crippen molar-refractivity contribution in [3.63, 3.8) is 0 Å². The van der Waals surface area contributed by atoms with E-state index >= 15 is 0 Å². The molecule has 0 aromatic carbocycles. The maximum absolute atomic E-state index is 12.0. The number of carbonyl (C=O) groups is 1. The molecule has 1 aromatic rings. The fourth-order valence-corrected chi connectivity index (χ4v) is 2.17. The molecule has 1 fully saturated rings. The van der Waals surface area contributed by atoms with Crippen molar-refractivity contribution in [3.05, 3.63) is 16.3 Å². The van der Waals surface area contributed by atoms with Crippen LogP contribution in [-0.2, 0) is 4.79 Å². The number of carbonyl (C=O) groups excluding carboxylic acids is 1. The van der Waals surface area contributed by atoms with Crippen LogP contribution in [0.5, 0.6) is 0 Å². The van der Waals surface area contributed by atoms with Crippen LogP contribution in [0, 0.1) is 10.1 Å². The molecule has 0 aliphatic carbocycles. The number of hydrogen-bond donors (Lipinski definition) is 2. The molecule has 114 valence electrons. The van der Waals surface area contributed by atoms with Crippen LogP contribution in [0.15, 0.2) is 6.20 Å². The van der Waals surface area contributed by atoms with Gasteiger partial charge in [0, 0.05) is 20.1 Å². The minimum Gasteiger partial charge on any atom is -0.357 e. The molecule has 2 N–H and O–H groups in total. The number of anilines is 2.